The Bertz CT molecular complexity index is 637. The van der Waals surface area contributed by atoms with E-state index in [1.54, 1.807) is 36.6 Å². The molecule has 104 valence electrons. The molecule has 1 heterocycles. The van der Waals surface area contributed by atoms with Crippen molar-refractivity contribution in [2.45, 2.75) is 13.3 Å². The lowest BCUT2D eigenvalue weighted by atomic mass is 10.1. The van der Waals surface area contributed by atoms with E-state index < -0.39 is 0 Å². The van der Waals surface area contributed by atoms with Crippen molar-refractivity contribution in [3.63, 3.8) is 0 Å². The van der Waals surface area contributed by atoms with Gasteiger partial charge >= 0.3 is 0 Å². The van der Waals surface area contributed by atoms with E-state index >= 15 is 0 Å². The van der Waals surface area contributed by atoms with Gasteiger partial charge in [0.15, 0.2) is 5.13 Å². The number of oxime groups is 1. The topological polar surface area (TPSA) is 74.6 Å². The molecule has 2 N–H and O–H groups in total. The van der Waals surface area contributed by atoms with E-state index in [9.17, 15) is 4.79 Å². The highest BCUT2D eigenvalue weighted by Crippen LogP contribution is 2.17. The summed E-state index contributed by atoms with van der Waals surface area (Å²) in [5, 5.41) is 17.2. The van der Waals surface area contributed by atoms with Gasteiger partial charge in [-0.3, -0.25) is 4.79 Å². The molecule has 0 atom stereocenters. The lowest BCUT2D eigenvalue weighted by molar-refractivity contribution is -0.115. The molecule has 0 saturated heterocycles. The Labute approximate surface area is 124 Å². The molecule has 0 unspecified atom stereocenters. The molecule has 0 spiro atoms. The van der Waals surface area contributed by atoms with E-state index in [1.165, 1.54) is 11.3 Å². The first-order valence-electron chi connectivity index (χ1n) is 5.77. The average Bonchev–Trinajstić information content (AvgIpc) is 2.89. The lowest BCUT2D eigenvalue weighted by Crippen LogP contribution is -2.14. The molecule has 0 bridgehead atoms. The highest BCUT2D eigenvalue weighted by Gasteiger charge is 2.09. The first-order valence-corrected chi connectivity index (χ1v) is 7.03. The molecule has 0 aliphatic carbocycles. The van der Waals surface area contributed by atoms with Crippen molar-refractivity contribution in [3.8, 4) is 0 Å². The van der Waals surface area contributed by atoms with Crippen LogP contribution >= 0.6 is 22.9 Å². The van der Waals surface area contributed by atoms with Crippen molar-refractivity contribution in [1.82, 2.24) is 4.98 Å². The normalized spacial score (nSPS) is 11.4. The minimum Gasteiger partial charge on any atom is -0.411 e. The highest BCUT2D eigenvalue weighted by atomic mass is 35.5. The zero-order valence-corrected chi connectivity index (χ0v) is 12.2. The summed E-state index contributed by atoms with van der Waals surface area (Å²) in [7, 11) is 0. The van der Waals surface area contributed by atoms with Gasteiger partial charge in [0.05, 0.1) is 6.42 Å². The fourth-order valence-corrected chi connectivity index (χ4v) is 2.40. The number of carbonyl (C=O) groups excluding carboxylic acids is 1. The number of anilines is 1. The summed E-state index contributed by atoms with van der Waals surface area (Å²) in [5.74, 6) is -0.160. The molecule has 0 radical (unpaired) electrons. The maximum Gasteiger partial charge on any atom is 0.230 e. The van der Waals surface area contributed by atoms with Gasteiger partial charge in [0, 0.05) is 10.4 Å². The summed E-state index contributed by atoms with van der Waals surface area (Å²) in [6.45, 7) is 1.63. The molecule has 2 rings (SSSR count). The van der Waals surface area contributed by atoms with Crippen molar-refractivity contribution in [2.24, 2.45) is 5.16 Å². The van der Waals surface area contributed by atoms with Crippen LogP contribution in [0.25, 0.3) is 0 Å². The van der Waals surface area contributed by atoms with Crippen molar-refractivity contribution in [2.75, 3.05) is 5.32 Å². The Hall–Kier alpha value is -1.92. The van der Waals surface area contributed by atoms with Gasteiger partial charge in [-0.2, -0.15) is 0 Å². The average molecular weight is 310 g/mol. The number of hydrogen-bond donors (Lipinski definition) is 2. The standard InChI is InChI=1S/C13H12ClN3O2S/c1-8(17-19)11-7-20-13(15-11)16-12(18)6-9-2-4-10(14)5-3-9/h2-5,7,19H,6H2,1H3,(H,15,16,18). The Morgan fingerprint density at radius 1 is 1.45 bits per heavy atom. The predicted octanol–water partition coefficient (Wildman–Crippen LogP) is 3.18. The van der Waals surface area contributed by atoms with Crippen LogP contribution in [0.3, 0.4) is 0 Å². The van der Waals surface area contributed by atoms with E-state index in [2.05, 4.69) is 15.5 Å². The zero-order valence-electron chi connectivity index (χ0n) is 10.6. The van der Waals surface area contributed by atoms with Crippen molar-refractivity contribution < 1.29 is 10.0 Å². The van der Waals surface area contributed by atoms with Gasteiger partial charge in [0.2, 0.25) is 5.91 Å². The van der Waals surface area contributed by atoms with Crippen LogP contribution in [0.1, 0.15) is 18.2 Å². The quantitative estimate of drug-likeness (QED) is 0.517. The number of nitrogens with one attached hydrogen (secondary N) is 1. The number of thiazole rings is 1. The molecule has 2 aromatic rings. The third kappa shape index (κ3) is 3.79. The van der Waals surface area contributed by atoms with Crippen LogP contribution in [-0.2, 0) is 11.2 Å². The third-order valence-electron chi connectivity index (χ3n) is 2.55. The second-order valence-corrected chi connectivity index (χ2v) is 5.37. The molecule has 0 aliphatic heterocycles. The SMILES string of the molecule is CC(=NO)c1csc(NC(=O)Cc2ccc(Cl)cc2)n1. The van der Waals surface area contributed by atoms with Gasteiger partial charge in [-0.25, -0.2) is 4.98 Å². The van der Waals surface area contributed by atoms with E-state index in [0.717, 1.165) is 5.56 Å². The third-order valence-corrected chi connectivity index (χ3v) is 3.56. The number of hydrogen-bond acceptors (Lipinski definition) is 5. The number of halogens is 1. The second kappa shape index (κ2) is 6.49. The molecule has 5 nitrogen and oxygen atoms in total. The zero-order chi connectivity index (χ0) is 14.5. The van der Waals surface area contributed by atoms with Crippen molar-refractivity contribution >= 4 is 39.7 Å². The Balaban J connectivity index is 1.98. The molecular weight excluding hydrogens is 298 g/mol. The molecule has 0 aliphatic rings. The van der Waals surface area contributed by atoms with E-state index in [-0.39, 0.29) is 12.3 Å². The second-order valence-electron chi connectivity index (χ2n) is 4.07. The fraction of sp³-hybridized carbons (Fsp3) is 0.154. The van der Waals surface area contributed by atoms with Gasteiger partial charge in [-0.05, 0) is 24.6 Å². The highest BCUT2D eigenvalue weighted by molar-refractivity contribution is 7.14. The Kier molecular flexibility index (Phi) is 4.70. The molecule has 20 heavy (non-hydrogen) atoms. The minimum absolute atomic E-state index is 0.160. The Morgan fingerprint density at radius 2 is 2.15 bits per heavy atom. The molecule has 0 fully saturated rings. The minimum atomic E-state index is -0.160. The van der Waals surface area contributed by atoms with Gasteiger partial charge < -0.3 is 10.5 Å². The van der Waals surface area contributed by atoms with Crippen LogP contribution in [0.5, 0.6) is 0 Å². The maximum absolute atomic E-state index is 11.9. The van der Waals surface area contributed by atoms with E-state index in [4.69, 9.17) is 16.8 Å². The summed E-state index contributed by atoms with van der Waals surface area (Å²) in [6.07, 6.45) is 0.249. The molecule has 1 amide bonds. The number of benzene rings is 1. The number of rotatable bonds is 4. The van der Waals surface area contributed by atoms with E-state index in [0.29, 0.717) is 21.6 Å². The van der Waals surface area contributed by atoms with E-state index in [1.807, 2.05) is 0 Å². The smallest absolute Gasteiger partial charge is 0.230 e. The number of amides is 1. The fourth-order valence-electron chi connectivity index (χ4n) is 1.50. The first-order chi connectivity index (χ1) is 9.58. The summed E-state index contributed by atoms with van der Waals surface area (Å²) >= 11 is 7.06. The summed E-state index contributed by atoms with van der Waals surface area (Å²) in [5.41, 5.74) is 1.82. The van der Waals surface area contributed by atoms with Crippen LogP contribution in [0, 0.1) is 0 Å². The van der Waals surface area contributed by atoms with Crippen LogP contribution in [0.15, 0.2) is 34.8 Å². The van der Waals surface area contributed by atoms with Crippen molar-refractivity contribution in [1.29, 1.82) is 0 Å². The van der Waals surface area contributed by atoms with Crippen LogP contribution in [0.4, 0.5) is 5.13 Å². The Morgan fingerprint density at radius 3 is 2.80 bits per heavy atom. The summed E-state index contributed by atoms with van der Waals surface area (Å²) in [6, 6.07) is 7.09. The molecule has 1 aromatic heterocycles. The summed E-state index contributed by atoms with van der Waals surface area (Å²) < 4.78 is 0. The van der Waals surface area contributed by atoms with Gasteiger partial charge in [-0.1, -0.05) is 28.9 Å². The summed E-state index contributed by atoms with van der Waals surface area (Å²) in [4.78, 5) is 16.0. The monoisotopic (exact) mass is 309 g/mol. The lowest BCUT2D eigenvalue weighted by Gasteiger charge is -2.02. The van der Waals surface area contributed by atoms with Crippen LogP contribution < -0.4 is 5.32 Å². The molecule has 1 aromatic carbocycles. The van der Waals surface area contributed by atoms with Gasteiger partial charge in [0.1, 0.15) is 11.4 Å². The molecule has 0 saturated carbocycles. The number of nitrogens with zero attached hydrogens (tertiary/aromatic N) is 2. The molecule has 7 heteroatoms. The van der Waals surface area contributed by atoms with Crippen molar-refractivity contribution in [3.05, 3.63) is 45.9 Å². The maximum atomic E-state index is 11.9. The van der Waals surface area contributed by atoms with Crippen LogP contribution in [-0.4, -0.2) is 21.8 Å². The van der Waals surface area contributed by atoms with Gasteiger partial charge in [0.25, 0.3) is 0 Å². The van der Waals surface area contributed by atoms with Crippen LogP contribution in [0.2, 0.25) is 5.02 Å². The first kappa shape index (κ1) is 14.5. The predicted molar refractivity (Wildman–Crippen MR) is 79.9 cm³/mol. The van der Waals surface area contributed by atoms with Gasteiger partial charge in [-0.15, -0.1) is 11.3 Å². The number of carbonyl (C=O) groups is 1. The number of aromatic nitrogens is 1. The molecular formula is C13H12ClN3O2S. The largest absolute Gasteiger partial charge is 0.411 e.